The fraction of sp³-hybridized carbons (Fsp3) is 0.455. The molecule has 1 saturated heterocycles. The highest BCUT2D eigenvalue weighted by molar-refractivity contribution is 9.10. The van der Waals surface area contributed by atoms with Gasteiger partial charge in [0.25, 0.3) is 5.91 Å². The average Bonchev–Trinajstić information content (AvgIpc) is 2.70. The minimum atomic E-state index is -0.692. The lowest BCUT2D eigenvalue weighted by Gasteiger charge is -2.22. The second-order valence-electron chi connectivity index (χ2n) is 3.99. The van der Waals surface area contributed by atoms with E-state index in [-0.39, 0.29) is 5.91 Å². The molecular formula is C11H13BrN2O2. The van der Waals surface area contributed by atoms with Crippen molar-refractivity contribution in [2.75, 3.05) is 11.9 Å². The molecule has 4 nitrogen and oxygen atoms in total. The Bertz CT molecular complexity index is 403. The normalized spacial score (nSPS) is 24.4. The number of aromatic nitrogens is 1. The van der Waals surface area contributed by atoms with Gasteiger partial charge >= 0.3 is 0 Å². The molecule has 1 aliphatic heterocycles. The van der Waals surface area contributed by atoms with Crippen molar-refractivity contribution in [3.05, 3.63) is 22.9 Å². The van der Waals surface area contributed by atoms with Crippen LogP contribution < -0.4 is 5.32 Å². The van der Waals surface area contributed by atoms with Crippen LogP contribution in [0.1, 0.15) is 19.8 Å². The molecule has 0 radical (unpaired) electrons. The Hall–Kier alpha value is -0.940. The first-order valence-corrected chi connectivity index (χ1v) is 5.96. The lowest BCUT2D eigenvalue weighted by Crippen LogP contribution is -2.39. The van der Waals surface area contributed by atoms with E-state index in [4.69, 9.17) is 4.74 Å². The van der Waals surface area contributed by atoms with Gasteiger partial charge in [-0.05, 0) is 41.8 Å². The standard InChI is InChI=1S/C11H13BrN2O2/c1-11(4-2-6-16-11)10(15)14-9-3-5-13-7-8(9)12/h3,5,7H,2,4,6H2,1H3,(H,13,14,15). The molecule has 5 heteroatoms. The zero-order chi connectivity index (χ0) is 11.6. The fourth-order valence-corrected chi connectivity index (χ4v) is 2.04. The molecule has 0 bridgehead atoms. The van der Waals surface area contributed by atoms with Crippen LogP contribution >= 0.6 is 15.9 Å². The maximum atomic E-state index is 12.0. The van der Waals surface area contributed by atoms with Crippen LogP contribution in [0.3, 0.4) is 0 Å². The molecule has 1 N–H and O–H groups in total. The second-order valence-corrected chi connectivity index (χ2v) is 4.85. The van der Waals surface area contributed by atoms with E-state index in [1.165, 1.54) is 0 Å². The zero-order valence-corrected chi connectivity index (χ0v) is 10.6. The van der Waals surface area contributed by atoms with Gasteiger partial charge < -0.3 is 10.1 Å². The number of carbonyl (C=O) groups is 1. The maximum absolute atomic E-state index is 12.0. The quantitative estimate of drug-likeness (QED) is 0.907. The van der Waals surface area contributed by atoms with E-state index in [0.29, 0.717) is 6.61 Å². The Morgan fingerprint density at radius 1 is 1.69 bits per heavy atom. The second kappa shape index (κ2) is 4.51. The number of halogens is 1. The summed E-state index contributed by atoms with van der Waals surface area (Å²) in [6, 6.07) is 1.75. The van der Waals surface area contributed by atoms with Gasteiger partial charge in [0, 0.05) is 19.0 Å². The van der Waals surface area contributed by atoms with E-state index in [2.05, 4.69) is 26.2 Å². The van der Waals surface area contributed by atoms with Gasteiger partial charge in [0.2, 0.25) is 0 Å². The minimum Gasteiger partial charge on any atom is -0.365 e. The molecule has 0 spiro atoms. The van der Waals surface area contributed by atoms with Crippen molar-refractivity contribution in [1.82, 2.24) is 4.98 Å². The predicted molar refractivity (Wildman–Crippen MR) is 64.2 cm³/mol. The van der Waals surface area contributed by atoms with Gasteiger partial charge in [0.1, 0.15) is 5.60 Å². The predicted octanol–water partition coefficient (Wildman–Crippen LogP) is 2.35. The van der Waals surface area contributed by atoms with E-state index in [1.54, 1.807) is 18.5 Å². The third-order valence-corrected chi connectivity index (χ3v) is 3.35. The van der Waals surface area contributed by atoms with E-state index >= 15 is 0 Å². The lowest BCUT2D eigenvalue weighted by molar-refractivity contribution is -0.133. The molecule has 86 valence electrons. The molecule has 2 rings (SSSR count). The SMILES string of the molecule is CC1(C(=O)Nc2ccncc2Br)CCCO1. The van der Waals surface area contributed by atoms with E-state index in [1.807, 2.05) is 6.92 Å². The Morgan fingerprint density at radius 3 is 3.12 bits per heavy atom. The van der Waals surface area contributed by atoms with Crippen molar-refractivity contribution < 1.29 is 9.53 Å². The summed E-state index contributed by atoms with van der Waals surface area (Å²) in [6.45, 7) is 2.48. The molecule has 0 saturated carbocycles. The highest BCUT2D eigenvalue weighted by Gasteiger charge is 2.37. The Balaban J connectivity index is 2.10. The summed E-state index contributed by atoms with van der Waals surface area (Å²) in [7, 11) is 0. The van der Waals surface area contributed by atoms with Gasteiger partial charge in [-0.15, -0.1) is 0 Å². The van der Waals surface area contributed by atoms with Gasteiger partial charge in [0.05, 0.1) is 10.2 Å². The van der Waals surface area contributed by atoms with E-state index in [9.17, 15) is 4.79 Å². The number of anilines is 1. The monoisotopic (exact) mass is 284 g/mol. The van der Waals surface area contributed by atoms with Crippen LogP contribution in [-0.2, 0) is 9.53 Å². The number of nitrogens with one attached hydrogen (secondary N) is 1. The van der Waals surface area contributed by atoms with Crippen LogP contribution in [0.25, 0.3) is 0 Å². The molecule has 16 heavy (non-hydrogen) atoms. The molecular weight excluding hydrogens is 272 g/mol. The third-order valence-electron chi connectivity index (χ3n) is 2.72. The first-order chi connectivity index (χ1) is 7.62. The van der Waals surface area contributed by atoms with Crippen LogP contribution in [-0.4, -0.2) is 23.1 Å². The van der Waals surface area contributed by atoms with E-state index in [0.717, 1.165) is 23.0 Å². The Labute approximate surface area is 103 Å². The highest BCUT2D eigenvalue weighted by Crippen LogP contribution is 2.28. The summed E-state index contributed by atoms with van der Waals surface area (Å²) in [4.78, 5) is 15.9. The number of hydrogen-bond donors (Lipinski definition) is 1. The minimum absolute atomic E-state index is 0.100. The molecule has 1 unspecified atom stereocenters. The number of nitrogens with zero attached hydrogens (tertiary/aromatic N) is 1. The summed E-state index contributed by atoms with van der Waals surface area (Å²) >= 11 is 3.33. The maximum Gasteiger partial charge on any atom is 0.256 e. The number of amides is 1. The average molecular weight is 285 g/mol. The Kier molecular flexibility index (Phi) is 3.25. The fourth-order valence-electron chi connectivity index (χ4n) is 1.69. The highest BCUT2D eigenvalue weighted by atomic mass is 79.9. The van der Waals surface area contributed by atoms with Crippen molar-refractivity contribution in [2.24, 2.45) is 0 Å². The summed E-state index contributed by atoms with van der Waals surface area (Å²) in [6.07, 6.45) is 4.98. The number of pyridine rings is 1. The van der Waals surface area contributed by atoms with E-state index < -0.39 is 5.60 Å². The van der Waals surface area contributed by atoms with Crippen molar-refractivity contribution >= 4 is 27.5 Å². The van der Waals surface area contributed by atoms with Crippen LogP contribution in [0, 0.1) is 0 Å². The van der Waals surface area contributed by atoms with Crippen LogP contribution in [0.4, 0.5) is 5.69 Å². The molecule has 1 amide bonds. The molecule has 1 aromatic rings. The van der Waals surface area contributed by atoms with Gasteiger partial charge in [0.15, 0.2) is 0 Å². The zero-order valence-electron chi connectivity index (χ0n) is 9.00. The summed E-state index contributed by atoms with van der Waals surface area (Å²) in [5, 5.41) is 2.84. The number of ether oxygens (including phenoxy) is 1. The molecule has 0 aliphatic carbocycles. The molecule has 0 aromatic carbocycles. The van der Waals surface area contributed by atoms with Gasteiger partial charge in [-0.25, -0.2) is 0 Å². The molecule has 1 fully saturated rings. The number of rotatable bonds is 2. The Morgan fingerprint density at radius 2 is 2.50 bits per heavy atom. The third kappa shape index (κ3) is 2.25. The van der Waals surface area contributed by atoms with Crippen molar-refractivity contribution in [1.29, 1.82) is 0 Å². The molecule has 1 atom stereocenters. The lowest BCUT2D eigenvalue weighted by atomic mass is 10.0. The summed E-state index contributed by atoms with van der Waals surface area (Å²) < 4.78 is 6.24. The number of hydrogen-bond acceptors (Lipinski definition) is 3. The van der Waals surface area contributed by atoms with Gasteiger partial charge in [-0.1, -0.05) is 0 Å². The first kappa shape index (κ1) is 11.5. The smallest absolute Gasteiger partial charge is 0.256 e. The van der Waals surface area contributed by atoms with Crippen LogP contribution in [0.2, 0.25) is 0 Å². The van der Waals surface area contributed by atoms with Crippen LogP contribution in [0.15, 0.2) is 22.9 Å². The van der Waals surface area contributed by atoms with Gasteiger partial charge in [-0.3, -0.25) is 9.78 Å². The van der Waals surface area contributed by atoms with Crippen molar-refractivity contribution in [2.45, 2.75) is 25.4 Å². The first-order valence-electron chi connectivity index (χ1n) is 5.17. The molecule has 1 aliphatic rings. The summed E-state index contributed by atoms with van der Waals surface area (Å²) in [5.41, 5.74) is 0.0274. The van der Waals surface area contributed by atoms with Crippen LogP contribution in [0.5, 0.6) is 0 Å². The van der Waals surface area contributed by atoms with Crippen molar-refractivity contribution in [3.8, 4) is 0 Å². The number of carbonyl (C=O) groups excluding carboxylic acids is 1. The van der Waals surface area contributed by atoms with Gasteiger partial charge in [-0.2, -0.15) is 0 Å². The largest absolute Gasteiger partial charge is 0.365 e. The van der Waals surface area contributed by atoms with Crippen molar-refractivity contribution in [3.63, 3.8) is 0 Å². The molecule has 1 aromatic heterocycles. The molecule has 2 heterocycles. The topological polar surface area (TPSA) is 51.2 Å². The summed E-state index contributed by atoms with van der Waals surface area (Å²) in [5.74, 6) is -0.100.